The molecule has 10 rings (SSSR count). The van der Waals surface area contributed by atoms with Crippen LogP contribution in [0.4, 0.5) is 20.2 Å². The summed E-state index contributed by atoms with van der Waals surface area (Å²) in [6.45, 7) is 5.62. The fraction of sp³-hybridized carbons (Fsp3) is 0.521. The van der Waals surface area contributed by atoms with E-state index in [2.05, 4.69) is 27.7 Å². The maximum Gasteiger partial charge on any atom is 0.282 e. The van der Waals surface area contributed by atoms with Gasteiger partial charge in [0.25, 0.3) is 5.56 Å². The zero-order valence-electron chi connectivity index (χ0n) is 34.7. The minimum absolute atomic E-state index is 0.0827. The van der Waals surface area contributed by atoms with Crippen molar-refractivity contribution in [2.45, 2.75) is 101 Å². The second kappa shape index (κ2) is 16.2. The fourth-order valence-corrected chi connectivity index (χ4v) is 11.9. The molecule has 1 saturated carbocycles. The van der Waals surface area contributed by atoms with Crippen LogP contribution >= 0.6 is 11.6 Å². The van der Waals surface area contributed by atoms with Crippen molar-refractivity contribution >= 4 is 51.6 Å². The molecule has 3 aromatic carbocycles. The van der Waals surface area contributed by atoms with E-state index in [-0.39, 0.29) is 35.6 Å². The van der Waals surface area contributed by atoms with Gasteiger partial charge in [-0.2, -0.15) is 4.98 Å². The summed E-state index contributed by atoms with van der Waals surface area (Å²) >= 11 is 6.60. The Morgan fingerprint density at radius 2 is 1.48 bits per heavy atom. The summed E-state index contributed by atoms with van der Waals surface area (Å²) in [6, 6.07) is 15.2. The molecule has 5 fully saturated rings. The highest BCUT2D eigenvalue weighted by Crippen LogP contribution is 2.52. The zero-order chi connectivity index (χ0) is 42.0. The zero-order valence-corrected chi connectivity index (χ0v) is 35.4. The molecule has 1 aromatic heterocycles. The van der Waals surface area contributed by atoms with Gasteiger partial charge in [0.05, 0.1) is 27.0 Å². The van der Waals surface area contributed by atoms with Gasteiger partial charge in [-0.25, -0.2) is 13.7 Å². The first-order valence-corrected chi connectivity index (χ1v) is 22.9. The molecular weight excluding hydrogens is 798 g/mol. The molecule has 1 aliphatic carbocycles. The standard InChI is InChI=1S/C48H53ClF2N6O4/c49-36-6-4-7-39-43(36)45(60)52-47-48(18-2-1-3-19-48)35-11-10-33(26-40(35)56(39)47)31-14-20-53(21-15-31)29-30-12-22-55(23-13-30)46(61)32-16-24-54(25-17-32)34-27-37(50)44(38(51)28-34)57-41(58)8-5-9-42(57)59/h4,6-7,10-11,26-28,30-32H,1-3,5,8-9,12-25,29H2. The minimum Gasteiger partial charge on any atom is -0.371 e. The second-order valence-corrected chi connectivity index (χ2v) is 18.9. The first-order valence-electron chi connectivity index (χ1n) is 22.6. The van der Waals surface area contributed by atoms with Crippen LogP contribution in [0.15, 0.2) is 53.3 Å². The van der Waals surface area contributed by atoms with Gasteiger partial charge >= 0.3 is 0 Å². The van der Waals surface area contributed by atoms with Gasteiger partial charge < -0.3 is 14.7 Å². The first kappa shape index (κ1) is 40.4. The van der Waals surface area contributed by atoms with Crippen LogP contribution in [0.3, 0.4) is 0 Å². The fourth-order valence-electron chi connectivity index (χ4n) is 11.7. The van der Waals surface area contributed by atoms with Gasteiger partial charge in [-0.05, 0) is 124 Å². The lowest BCUT2D eigenvalue weighted by molar-refractivity contribution is -0.137. The number of carbonyl (C=O) groups is 3. The summed E-state index contributed by atoms with van der Waals surface area (Å²) < 4.78 is 32.7. The number of rotatable bonds is 6. The molecule has 1 spiro atoms. The van der Waals surface area contributed by atoms with Crippen molar-refractivity contribution in [2.24, 2.45) is 11.8 Å². The van der Waals surface area contributed by atoms with Crippen molar-refractivity contribution in [1.29, 1.82) is 0 Å². The number of amides is 3. The number of fused-ring (bicyclic) bond motifs is 7. The molecule has 6 aliphatic rings. The SMILES string of the molecule is O=C(C1CCN(c2cc(F)c(N3C(=O)CCCC3=O)c(F)c2)CC1)N1CCC(CN2CCC(c3ccc4c(c3)-n3c(nc(=O)c5c(Cl)cccc53)C43CCCCC3)CC2)CC1. The lowest BCUT2D eigenvalue weighted by Crippen LogP contribution is -2.47. The van der Waals surface area contributed by atoms with E-state index in [0.717, 1.165) is 101 Å². The van der Waals surface area contributed by atoms with Gasteiger partial charge in [0.1, 0.15) is 11.5 Å². The number of imide groups is 1. The van der Waals surface area contributed by atoms with E-state index in [0.29, 0.717) is 65.2 Å². The molecule has 0 bridgehead atoms. The number of piperidine rings is 4. The number of benzene rings is 3. The topological polar surface area (TPSA) is 99.1 Å². The number of hydrogen-bond donors (Lipinski definition) is 0. The highest BCUT2D eigenvalue weighted by molar-refractivity contribution is 6.35. The van der Waals surface area contributed by atoms with Gasteiger partial charge in [-0.1, -0.05) is 49.1 Å². The summed E-state index contributed by atoms with van der Waals surface area (Å²) in [7, 11) is 0. The molecule has 3 amide bonds. The summed E-state index contributed by atoms with van der Waals surface area (Å²) in [5, 5.41) is 0.940. The lowest BCUT2D eigenvalue weighted by atomic mass is 9.69. The van der Waals surface area contributed by atoms with Gasteiger partial charge in [0, 0.05) is 57.2 Å². The van der Waals surface area contributed by atoms with Crippen molar-refractivity contribution in [3.05, 3.63) is 92.5 Å². The Morgan fingerprint density at radius 3 is 2.16 bits per heavy atom. The van der Waals surface area contributed by atoms with E-state index in [1.807, 2.05) is 21.9 Å². The number of aromatic nitrogens is 2. The van der Waals surface area contributed by atoms with E-state index < -0.39 is 29.1 Å². The van der Waals surface area contributed by atoms with Gasteiger partial charge in [0.2, 0.25) is 17.7 Å². The second-order valence-electron chi connectivity index (χ2n) is 18.5. The van der Waals surface area contributed by atoms with Crippen molar-refractivity contribution in [1.82, 2.24) is 19.4 Å². The number of likely N-dealkylation sites (tertiary alicyclic amines) is 2. The molecule has 5 aliphatic heterocycles. The molecule has 6 heterocycles. The van der Waals surface area contributed by atoms with Crippen molar-refractivity contribution in [3.8, 4) is 5.69 Å². The summed E-state index contributed by atoms with van der Waals surface area (Å²) in [6.07, 6.45) is 11.4. The van der Waals surface area contributed by atoms with Crippen LogP contribution in [0.5, 0.6) is 0 Å². The Bertz CT molecular complexity index is 2420. The largest absolute Gasteiger partial charge is 0.371 e. The summed E-state index contributed by atoms with van der Waals surface area (Å²) in [4.78, 5) is 63.6. The van der Waals surface area contributed by atoms with E-state index in [4.69, 9.17) is 16.6 Å². The first-order chi connectivity index (χ1) is 29.6. The monoisotopic (exact) mass is 850 g/mol. The van der Waals surface area contributed by atoms with Crippen molar-refractivity contribution < 1.29 is 23.2 Å². The van der Waals surface area contributed by atoms with E-state index in [9.17, 15) is 19.2 Å². The molecule has 61 heavy (non-hydrogen) atoms. The van der Waals surface area contributed by atoms with Crippen LogP contribution in [0.1, 0.15) is 113 Å². The van der Waals surface area contributed by atoms with Crippen molar-refractivity contribution in [2.75, 3.05) is 55.6 Å². The van der Waals surface area contributed by atoms with Crippen LogP contribution < -0.4 is 15.4 Å². The van der Waals surface area contributed by atoms with Crippen LogP contribution in [0.2, 0.25) is 5.02 Å². The molecular formula is C48H53ClF2N6O4. The third-order valence-corrected chi connectivity index (χ3v) is 15.3. The normalized spacial score (nSPS) is 21.7. The Morgan fingerprint density at radius 1 is 0.787 bits per heavy atom. The quantitative estimate of drug-likeness (QED) is 0.180. The molecule has 10 nitrogen and oxygen atoms in total. The highest BCUT2D eigenvalue weighted by Gasteiger charge is 2.47. The Kier molecular flexibility index (Phi) is 10.7. The average molecular weight is 851 g/mol. The Balaban J connectivity index is 0.728. The van der Waals surface area contributed by atoms with Crippen molar-refractivity contribution in [3.63, 3.8) is 0 Å². The molecule has 4 aromatic rings. The smallest absolute Gasteiger partial charge is 0.282 e. The van der Waals surface area contributed by atoms with Crippen LogP contribution in [-0.4, -0.2) is 82.9 Å². The predicted molar refractivity (Wildman–Crippen MR) is 232 cm³/mol. The van der Waals surface area contributed by atoms with Gasteiger partial charge in [-0.15, -0.1) is 0 Å². The third-order valence-electron chi connectivity index (χ3n) is 15.0. The predicted octanol–water partition coefficient (Wildman–Crippen LogP) is 8.26. The third kappa shape index (κ3) is 7.15. The average Bonchev–Trinajstić information content (AvgIpc) is 3.52. The highest BCUT2D eigenvalue weighted by atomic mass is 35.5. The lowest BCUT2D eigenvalue weighted by Gasteiger charge is -2.40. The molecule has 0 unspecified atom stereocenters. The molecule has 13 heteroatoms. The molecule has 320 valence electrons. The summed E-state index contributed by atoms with van der Waals surface area (Å²) in [5.41, 5.74) is 3.95. The number of anilines is 2. The summed E-state index contributed by atoms with van der Waals surface area (Å²) in [5.74, 6) is -1.10. The number of halogens is 3. The van der Waals surface area contributed by atoms with Crippen LogP contribution in [0, 0.1) is 23.5 Å². The van der Waals surface area contributed by atoms with Gasteiger partial charge in [-0.3, -0.25) is 23.7 Å². The minimum atomic E-state index is -0.930. The van der Waals surface area contributed by atoms with Gasteiger partial charge in [0.15, 0.2) is 11.6 Å². The van der Waals surface area contributed by atoms with E-state index in [1.54, 1.807) is 6.07 Å². The maximum atomic E-state index is 15.2. The maximum absolute atomic E-state index is 15.2. The van der Waals surface area contributed by atoms with Crippen LogP contribution in [0.25, 0.3) is 16.6 Å². The molecule has 0 radical (unpaired) electrons. The number of carbonyl (C=O) groups excluding carboxylic acids is 3. The number of nitrogens with zero attached hydrogens (tertiary/aromatic N) is 6. The molecule has 0 atom stereocenters. The van der Waals surface area contributed by atoms with E-state index >= 15 is 8.78 Å². The Labute approximate surface area is 359 Å². The van der Waals surface area contributed by atoms with E-state index in [1.165, 1.54) is 29.7 Å². The Hall–Kier alpha value is -4.68. The molecule has 0 N–H and O–H groups in total. The number of hydrogen-bond acceptors (Lipinski definition) is 7. The molecule has 4 saturated heterocycles. The van der Waals surface area contributed by atoms with Crippen LogP contribution in [-0.2, 0) is 19.8 Å².